The minimum atomic E-state index is -0.535. The van der Waals surface area contributed by atoms with Gasteiger partial charge in [-0.15, -0.1) is 0 Å². The Labute approximate surface area is 313 Å². The van der Waals surface area contributed by atoms with Crippen molar-refractivity contribution in [2.75, 3.05) is 42.7 Å². The summed E-state index contributed by atoms with van der Waals surface area (Å²) in [4.78, 5) is 53.8. The number of ether oxygens (including phenoxy) is 6. The van der Waals surface area contributed by atoms with E-state index in [-0.39, 0.29) is 22.9 Å². The number of hydrogen-bond donors (Lipinski definition) is 2. The summed E-state index contributed by atoms with van der Waals surface area (Å²) in [6.07, 6.45) is 2.02. The summed E-state index contributed by atoms with van der Waals surface area (Å²) in [6, 6.07) is 12.3. The molecule has 0 saturated heterocycles. The van der Waals surface area contributed by atoms with Gasteiger partial charge in [-0.2, -0.15) is 0 Å². The van der Waals surface area contributed by atoms with Crippen LogP contribution in [0.2, 0.25) is 0 Å². The monoisotopic (exact) mass is 736 g/mol. The molecule has 0 radical (unpaired) electrons. The van der Waals surface area contributed by atoms with Gasteiger partial charge in [0.05, 0.1) is 54.7 Å². The van der Waals surface area contributed by atoms with Crippen molar-refractivity contribution in [3.05, 3.63) is 91.2 Å². The fourth-order valence-electron chi connectivity index (χ4n) is 7.85. The number of carbonyl (C=O) groups excluding carboxylic acids is 2. The van der Waals surface area contributed by atoms with Crippen molar-refractivity contribution >= 4 is 11.8 Å². The van der Waals surface area contributed by atoms with E-state index in [2.05, 4.69) is 10.6 Å². The lowest BCUT2D eigenvalue weighted by Gasteiger charge is -2.20. The van der Waals surface area contributed by atoms with Gasteiger partial charge in [-0.1, -0.05) is 0 Å². The zero-order chi connectivity index (χ0) is 38.8. The second-order valence-electron chi connectivity index (χ2n) is 13.2. The first kappa shape index (κ1) is 37.7. The molecule has 0 bridgehead atoms. The Morgan fingerprint density at radius 2 is 0.889 bits per heavy atom. The number of nitrogens with one attached hydrogen (secondary N) is 2. The van der Waals surface area contributed by atoms with Crippen molar-refractivity contribution in [1.82, 2.24) is 10.6 Å². The lowest BCUT2D eigenvalue weighted by molar-refractivity contribution is -0.120. The molecule has 0 spiro atoms. The molecule has 2 atom stereocenters. The Morgan fingerprint density at radius 1 is 0.519 bits per heavy atom. The van der Waals surface area contributed by atoms with Crippen LogP contribution in [0, 0.1) is 0 Å². The molecule has 0 aromatic heterocycles. The molecule has 12 nitrogen and oxygen atoms in total. The third-order valence-corrected chi connectivity index (χ3v) is 10.1. The molecular weight excluding hydrogens is 692 g/mol. The summed E-state index contributed by atoms with van der Waals surface area (Å²) in [6.45, 7) is 2.88. The van der Waals surface area contributed by atoms with Gasteiger partial charge in [0.1, 0.15) is 0 Å². The van der Waals surface area contributed by atoms with E-state index in [1.165, 1.54) is 54.4 Å². The van der Waals surface area contributed by atoms with Crippen LogP contribution in [0.25, 0.3) is 33.4 Å². The Bertz CT molecular complexity index is 2130. The van der Waals surface area contributed by atoms with Crippen LogP contribution in [0.5, 0.6) is 34.5 Å². The number of methoxy groups -OCH3 is 6. The van der Waals surface area contributed by atoms with Gasteiger partial charge in [0.25, 0.3) is 0 Å². The molecule has 2 aliphatic rings. The molecule has 4 aromatic carbocycles. The fraction of sp³-hybridized carbons (Fsp3) is 0.333. The minimum Gasteiger partial charge on any atom is -0.493 e. The van der Waals surface area contributed by atoms with E-state index in [1.807, 2.05) is 12.1 Å². The minimum absolute atomic E-state index is 0.128. The average Bonchev–Trinajstić information content (AvgIpc) is 3.55. The molecule has 0 saturated carbocycles. The SMILES string of the molecule is COc1cc2c(c(OC)c1OC)-c1ccc(=O)c(-c3cc4c(ccc3=O)-c3c(cc(OC)c(OC)c3OC)CC[C@@H]4NC(C)=O)cc1[C@@H](NC(C)=O)CC2. The Kier molecular flexibility index (Phi) is 10.8. The highest BCUT2D eigenvalue weighted by Gasteiger charge is 2.32. The molecule has 0 heterocycles. The molecule has 6 rings (SSSR count). The maximum absolute atomic E-state index is 14.3. The molecule has 2 N–H and O–H groups in total. The molecule has 282 valence electrons. The molecule has 4 aromatic rings. The zero-order valence-corrected chi connectivity index (χ0v) is 31.7. The zero-order valence-electron chi connectivity index (χ0n) is 31.7. The first-order valence-electron chi connectivity index (χ1n) is 17.5. The highest BCUT2D eigenvalue weighted by Crippen LogP contribution is 2.52. The standard InChI is InChI=1S/C42H44N2O10/c1-21(45)43-31-13-9-23-17-35(49-3)39(51-5)41(53-7)37(23)25-11-15-33(47)29(19-27(25)31)30-20-28-26(12-16-34(30)48)38-24(10-14-32(28)44-22(2)46)18-36(50-4)40(52-6)42(38)54-8/h11-12,15-20,31-32H,9-10,13-14H2,1-8H3,(H,43,45)(H,44,46)/t31-,32-/m0/s1. The topological polar surface area (TPSA) is 148 Å². The number of hydrogen-bond acceptors (Lipinski definition) is 10. The summed E-state index contributed by atoms with van der Waals surface area (Å²) >= 11 is 0. The van der Waals surface area contributed by atoms with Crippen LogP contribution in [-0.2, 0) is 22.4 Å². The molecule has 54 heavy (non-hydrogen) atoms. The Balaban J connectivity index is 1.70. The van der Waals surface area contributed by atoms with E-state index >= 15 is 0 Å². The largest absolute Gasteiger partial charge is 0.493 e. The predicted molar refractivity (Wildman–Crippen MR) is 204 cm³/mol. The quantitative estimate of drug-likeness (QED) is 0.219. The molecule has 2 amide bonds. The van der Waals surface area contributed by atoms with Crippen LogP contribution in [-0.4, -0.2) is 54.5 Å². The normalized spacial score (nSPS) is 15.4. The maximum atomic E-state index is 14.3. The van der Waals surface area contributed by atoms with Gasteiger partial charge in [0, 0.05) is 36.1 Å². The second kappa shape index (κ2) is 15.5. The van der Waals surface area contributed by atoms with Gasteiger partial charge >= 0.3 is 0 Å². The second-order valence-corrected chi connectivity index (χ2v) is 13.2. The van der Waals surface area contributed by atoms with Crippen LogP contribution in [0.15, 0.2) is 58.1 Å². The summed E-state index contributed by atoms with van der Waals surface area (Å²) in [5, 5.41) is 6.13. The van der Waals surface area contributed by atoms with Crippen LogP contribution in [0.4, 0.5) is 0 Å². The smallest absolute Gasteiger partial charge is 0.217 e. The molecule has 2 aliphatic carbocycles. The third-order valence-electron chi connectivity index (χ3n) is 10.1. The van der Waals surface area contributed by atoms with E-state index in [4.69, 9.17) is 28.4 Å². The van der Waals surface area contributed by atoms with Crippen molar-refractivity contribution in [2.45, 2.75) is 51.6 Å². The number of aryl methyl sites for hydroxylation is 2. The Hall–Kier alpha value is -6.04. The van der Waals surface area contributed by atoms with Crippen molar-refractivity contribution in [3.8, 4) is 67.9 Å². The summed E-state index contributed by atoms with van der Waals surface area (Å²) in [5.41, 5.74) is 5.03. The van der Waals surface area contributed by atoms with E-state index in [0.29, 0.717) is 93.6 Å². The van der Waals surface area contributed by atoms with Gasteiger partial charge in [-0.05, 0) is 108 Å². The number of amides is 2. The van der Waals surface area contributed by atoms with Gasteiger partial charge in [-0.3, -0.25) is 19.2 Å². The van der Waals surface area contributed by atoms with Crippen LogP contribution < -0.4 is 49.9 Å². The lowest BCUT2D eigenvalue weighted by atomic mass is 9.93. The van der Waals surface area contributed by atoms with E-state index in [1.54, 1.807) is 38.5 Å². The van der Waals surface area contributed by atoms with Crippen LogP contribution in [0.3, 0.4) is 0 Å². The van der Waals surface area contributed by atoms with Crippen molar-refractivity contribution in [1.29, 1.82) is 0 Å². The summed E-state index contributed by atoms with van der Waals surface area (Å²) < 4.78 is 34.6. The molecule has 0 fully saturated rings. The number of fused-ring (bicyclic) bond motifs is 6. The molecule has 12 heteroatoms. The summed E-state index contributed by atoms with van der Waals surface area (Å²) in [5.74, 6) is 2.03. The fourth-order valence-corrected chi connectivity index (χ4v) is 7.85. The maximum Gasteiger partial charge on any atom is 0.217 e. The molecular formula is C42H44N2O10. The van der Waals surface area contributed by atoms with E-state index < -0.39 is 22.9 Å². The lowest BCUT2D eigenvalue weighted by Crippen LogP contribution is -2.26. The Morgan fingerprint density at radius 3 is 1.20 bits per heavy atom. The number of carbonyl (C=O) groups is 2. The summed E-state index contributed by atoms with van der Waals surface area (Å²) in [7, 11) is 9.20. The number of rotatable bonds is 9. The van der Waals surface area contributed by atoms with Gasteiger partial charge < -0.3 is 39.1 Å². The van der Waals surface area contributed by atoms with Crippen LogP contribution >= 0.6 is 0 Å². The van der Waals surface area contributed by atoms with Crippen LogP contribution in [0.1, 0.15) is 61.0 Å². The van der Waals surface area contributed by atoms with Gasteiger partial charge in [0.15, 0.2) is 33.9 Å². The van der Waals surface area contributed by atoms with Gasteiger partial charge in [-0.25, -0.2) is 0 Å². The van der Waals surface area contributed by atoms with Crippen molar-refractivity contribution < 1.29 is 38.0 Å². The molecule has 0 aliphatic heterocycles. The highest BCUT2D eigenvalue weighted by atomic mass is 16.5. The van der Waals surface area contributed by atoms with E-state index in [9.17, 15) is 19.2 Å². The van der Waals surface area contributed by atoms with E-state index in [0.717, 1.165) is 11.1 Å². The number of benzene rings is 2. The van der Waals surface area contributed by atoms with Crippen molar-refractivity contribution in [3.63, 3.8) is 0 Å². The average molecular weight is 737 g/mol. The first-order valence-corrected chi connectivity index (χ1v) is 17.5. The predicted octanol–water partition coefficient (Wildman–Crippen LogP) is 5.71. The third kappa shape index (κ3) is 6.68. The van der Waals surface area contributed by atoms with Crippen molar-refractivity contribution in [2.24, 2.45) is 0 Å². The molecule has 0 unspecified atom stereocenters. The van der Waals surface area contributed by atoms with Gasteiger partial charge in [0.2, 0.25) is 23.3 Å². The first-order chi connectivity index (χ1) is 26.0. The highest BCUT2D eigenvalue weighted by molar-refractivity contribution is 5.86.